The molecule has 1 heterocycles. The highest BCUT2D eigenvalue weighted by Crippen LogP contribution is 2.16. The number of carbonyl (C=O) groups is 1. The largest absolute Gasteiger partial charge is 0.477 e. The van der Waals surface area contributed by atoms with Gasteiger partial charge in [0.05, 0.1) is 5.69 Å². The van der Waals surface area contributed by atoms with Gasteiger partial charge in [-0.15, -0.1) is 0 Å². The van der Waals surface area contributed by atoms with Crippen LogP contribution < -0.4 is 5.73 Å². The van der Waals surface area contributed by atoms with Gasteiger partial charge in [-0.3, -0.25) is 5.41 Å². The third-order valence-corrected chi connectivity index (χ3v) is 2.05. The Hall–Kier alpha value is -1.78. The molecule has 1 rings (SSSR count). The first-order valence-corrected chi connectivity index (χ1v) is 3.72. The molecule has 0 bridgehead atoms. The van der Waals surface area contributed by atoms with E-state index in [2.05, 4.69) is 4.98 Å². The molecular weight excluding hydrogens is 170 g/mol. The average molecular weight is 181 g/mol. The number of rotatable bonds is 2. The van der Waals surface area contributed by atoms with E-state index in [4.69, 9.17) is 16.2 Å². The Kier molecular flexibility index (Phi) is 2.10. The Balaban J connectivity index is 3.36. The van der Waals surface area contributed by atoms with Gasteiger partial charge >= 0.3 is 5.97 Å². The molecule has 0 atom stereocenters. The third kappa shape index (κ3) is 1.40. The van der Waals surface area contributed by atoms with Crippen LogP contribution >= 0.6 is 0 Å². The lowest BCUT2D eigenvalue weighted by Crippen LogP contribution is -2.13. The van der Waals surface area contributed by atoms with Gasteiger partial charge in [0.1, 0.15) is 11.5 Å². The first-order valence-electron chi connectivity index (χ1n) is 3.72. The number of hydrogen-bond donors (Lipinski definition) is 4. The molecule has 0 radical (unpaired) electrons. The number of nitrogen functional groups attached to an aromatic ring is 1. The molecule has 5 nitrogen and oxygen atoms in total. The van der Waals surface area contributed by atoms with Crippen molar-refractivity contribution in [2.75, 3.05) is 0 Å². The van der Waals surface area contributed by atoms with Crippen LogP contribution in [0.3, 0.4) is 0 Å². The minimum absolute atomic E-state index is 0.0997. The summed E-state index contributed by atoms with van der Waals surface area (Å²) >= 11 is 0. The number of aromatic amines is 1. The summed E-state index contributed by atoms with van der Waals surface area (Å²) in [6.45, 7) is 3.41. The SMILES string of the molecule is Cc1c(C(=N)N)[nH]c(C(=O)O)c1C. The molecule has 5 N–H and O–H groups in total. The lowest BCUT2D eigenvalue weighted by Gasteiger charge is -1.94. The predicted molar refractivity (Wildman–Crippen MR) is 48.2 cm³/mol. The van der Waals surface area contributed by atoms with Crippen LogP contribution in [0.1, 0.15) is 27.3 Å². The van der Waals surface area contributed by atoms with Crippen LogP contribution in [0.15, 0.2) is 0 Å². The summed E-state index contributed by atoms with van der Waals surface area (Å²) in [6, 6.07) is 0. The second-order valence-corrected chi connectivity index (χ2v) is 2.84. The van der Waals surface area contributed by atoms with Gasteiger partial charge in [-0.2, -0.15) is 0 Å². The molecule has 0 fully saturated rings. The Morgan fingerprint density at radius 3 is 2.08 bits per heavy atom. The van der Waals surface area contributed by atoms with Gasteiger partial charge in [0, 0.05) is 0 Å². The number of nitrogens with two attached hydrogens (primary N) is 1. The number of aromatic nitrogens is 1. The topological polar surface area (TPSA) is 103 Å². The molecule has 0 saturated carbocycles. The maximum Gasteiger partial charge on any atom is 0.352 e. The van der Waals surface area contributed by atoms with Crippen molar-refractivity contribution in [1.29, 1.82) is 5.41 Å². The molecule has 0 aliphatic carbocycles. The Morgan fingerprint density at radius 1 is 1.38 bits per heavy atom. The van der Waals surface area contributed by atoms with Crippen molar-refractivity contribution in [3.05, 3.63) is 22.5 Å². The summed E-state index contributed by atoms with van der Waals surface area (Å²) in [7, 11) is 0. The molecule has 0 aliphatic heterocycles. The van der Waals surface area contributed by atoms with Crippen LogP contribution in [-0.2, 0) is 0 Å². The fourth-order valence-electron chi connectivity index (χ4n) is 1.17. The monoisotopic (exact) mass is 181 g/mol. The van der Waals surface area contributed by atoms with Gasteiger partial charge in [-0.05, 0) is 25.0 Å². The fraction of sp³-hybridized carbons (Fsp3) is 0.250. The van der Waals surface area contributed by atoms with Crippen molar-refractivity contribution in [2.24, 2.45) is 5.73 Å². The molecule has 0 spiro atoms. The number of aromatic carboxylic acids is 1. The molecular formula is C8H11N3O2. The number of H-pyrrole nitrogens is 1. The lowest BCUT2D eigenvalue weighted by atomic mass is 10.1. The van der Waals surface area contributed by atoms with E-state index in [0.717, 1.165) is 0 Å². The number of carboxylic acids is 1. The highest BCUT2D eigenvalue weighted by atomic mass is 16.4. The van der Waals surface area contributed by atoms with E-state index in [-0.39, 0.29) is 11.5 Å². The Bertz CT molecular complexity index is 344. The minimum atomic E-state index is -1.03. The molecule has 70 valence electrons. The molecule has 0 aromatic carbocycles. The maximum atomic E-state index is 10.7. The van der Waals surface area contributed by atoms with Crippen molar-refractivity contribution in [1.82, 2.24) is 4.98 Å². The molecule has 0 aliphatic rings. The summed E-state index contributed by atoms with van der Waals surface area (Å²) in [4.78, 5) is 13.3. The van der Waals surface area contributed by atoms with Crippen molar-refractivity contribution in [3.63, 3.8) is 0 Å². The minimum Gasteiger partial charge on any atom is -0.477 e. The second-order valence-electron chi connectivity index (χ2n) is 2.84. The first kappa shape index (κ1) is 9.31. The van der Waals surface area contributed by atoms with Crippen LogP contribution in [0.5, 0.6) is 0 Å². The van der Waals surface area contributed by atoms with E-state index in [9.17, 15) is 4.79 Å². The average Bonchev–Trinajstić information content (AvgIpc) is 2.29. The zero-order chi connectivity index (χ0) is 10.2. The van der Waals surface area contributed by atoms with Gasteiger partial charge < -0.3 is 15.8 Å². The molecule has 0 amide bonds. The zero-order valence-corrected chi connectivity index (χ0v) is 7.43. The fourth-order valence-corrected chi connectivity index (χ4v) is 1.17. The first-order chi connectivity index (χ1) is 5.95. The number of amidine groups is 1. The molecule has 0 unspecified atom stereocenters. The van der Waals surface area contributed by atoms with Crippen molar-refractivity contribution >= 4 is 11.8 Å². The molecule has 13 heavy (non-hydrogen) atoms. The van der Waals surface area contributed by atoms with E-state index in [0.29, 0.717) is 16.8 Å². The van der Waals surface area contributed by atoms with Crippen molar-refractivity contribution in [2.45, 2.75) is 13.8 Å². The van der Waals surface area contributed by atoms with Gasteiger partial charge in [0.2, 0.25) is 0 Å². The third-order valence-electron chi connectivity index (χ3n) is 2.05. The van der Waals surface area contributed by atoms with Gasteiger partial charge in [-0.1, -0.05) is 0 Å². The van der Waals surface area contributed by atoms with Crippen LogP contribution in [-0.4, -0.2) is 21.9 Å². The molecule has 5 heteroatoms. The quantitative estimate of drug-likeness (QED) is 0.397. The predicted octanol–water partition coefficient (Wildman–Crippen LogP) is 0.614. The second kappa shape index (κ2) is 2.93. The maximum absolute atomic E-state index is 10.7. The van der Waals surface area contributed by atoms with E-state index < -0.39 is 5.97 Å². The normalized spacial score (nSPS) is 10.0. The molecule has 1 aromatic heterocycles. The number of nitrogens with one attached hydrogen (secondary N) is 2. The van der Waals surface area contributed by atoms with E-state index in [1.807, 2.05) is 0 Å². The summed E-state index contributed by atoms with van der Waals surface area (Å²) in [6.07, 6.45) is 0. The van der Waals surface area contributed by atoms with Gasteiger partial charge in [0.15, 0.2) is 0 Å². The molecule has 0 saturated heterocycles. The summed E-state index contributed by atoms with van der Waals surface area (Å²) in [5, 5.41) is 15.9. The zero-order valence-electron chi connectivity index (χ0n) is 7.43. The Morgan fingerprint density at radius 2 is 1.85 bits per heavy atom. The summed E-state index contributed by atoms with van der Waals surface area (Å²) in [5.41, 5.74) is 7.08. The van der Waals surface area contributed by atoms with Crippen LogP contribution in [0.4, 0.5) is 0 Å². The number of hydrogen-bond acceptors (Lipinski definition) is 2. The smallest absolute Gasteiger partial charge is 0.352 e. The van der Waals surface area contributed by atoms with Crippen LogP contribution in [0.2, 0.25) is 0 Å². The Labute approximate surface area is 75.1 Å². The van der Waals surface area contributed by atoms with E-state index in [1.54, 1.807) is 13.8 Å². The van der Waals surface area contributed by atoms with Crippen molar-refractivity contribution in [3.8, 4) is 0 Å². The standard InChI is InChI=1S/C8H11N3O2/c1-3-4(2)6(8(12)13)11-5(3)7(9)10/h11H,1-2H3,(H3,9,10)(H,12,13). The highest BCUT2D eigenvalue weighted by Gasteiger charge is 2.16. The number of carboxylic acid groups (broad SMARTS) is 1. The van der Waals surface area contributed by atoms with Crippen molar-refractivity contribution < 1.29 is 9.90 Å². The van der Waals surface area contributed by atoms with Gasteiger partial charge in [0.25, 0.3) is 0 Å². The van der Waals surface area contributed by atoms with Gasteiger partial charge in [-0.25, -0.2) is 4.79 Å². The van der Waals surface area contributed by atoms with Crippen LogP contribution in [0.25, 0.3) is 0 Å². The van der Waals surface area contributed by atoms with E-state index >= 15 is 0 Å². The highest BCUT2D eigenvalue weighted by molar-refractivity contribution is 5.98. The lowest BCUT2D eigenvalue weighted by molar-refractivity contribution is 0.0690. The van der Waals surface area contributed by atoms with E-state index in [1.165, 1.54) is 0 Å². The summed E-state index contributed by atoms with van der Waals surface area (Å²) < 4.78 is 0. The van der Waals surface area contributed by atoms with Crippen LogP contribution in [0, 0.1) is 19.3 Å². The molecule has 1 aromatic rings. The summed E-state index contributed by atoms with van der Waals surface area (Å²) in [5.74, 6) is -1.18.